The molecule has 1 aliphatic heterocycles. The van der Waals surface area contributed by atoms with Crippen LogP contribution >= 0.6 is 0 Å². The molecule has 0 radical (unpaired) electrons. The maximum Gasteiger partial charge on any atom is 0.317 e. The van der Waals surface area contributed by atoms with Crippen molar-refractivity contribution < 1.29 is 14.7 Å². The topological polar surface area (TPSA) is 78.4 Å². The number of aliphatic hydroxyl groups excluding tert-OH is 1. The number of hydrogen-bond donors (Lipinski definition) is 3. The molecule has 1 saturated heterocycles. The number of carbonyl (C=O) groups is 2. The van der Waals surface area contributed by atoms with Gasteiger partial charge in [-0.15, -0.1) is 0 Å². The van der Waals surface area contributed by atoms with Crippen LogP contribution in [0.5, 0.6) is 0 Å². The molecule has 0 saturated carbocycles. The SMILES string of the molecule is C=O.O=C1NCC(O)N1. The fraction of sp³-hybridized carbons (Fsp3) is 0.500. The summed E-state index contributed by atoms with van der Waals surface area (Å²) in [5.41, 5.74) is 0. The van der Waals surface area contributed by atoms with E-state index in [1.54, 1.807) is 0 Å². The molecule has 1 fully saturated rings. The highest BCUT2D eigenvalue weighted by atomic mass is 16.3. The fourth-order valence-corrected chi connectivity index (χ4v) is 0.443. The van der Waals surface area contributed by atoms with Gasteiger partial charge in [0.15, 0.2) is 0 Å². The summed E-state index contributed by atoms with van der Waals surface area (Å²) in [7, 11) is 0. The summed E-state index contributed by atoms with van der Waals surface area (Å²) in [4.78, 5) is 18.1. The van der Waals surface area contributed by atoms with E-state index >= 15 is 0 Å². The Balaban J connectivity index is 0.000000291. The van der Waals surface area contributed by atoms with Crippen LogP contribution in [0.4, 0.5) is 4.79 Å². The zero-order valence-corrected chi connectivity index (χ0v) is 4.76. The van der Waals surface area contributed by atoms with Crippen LogP contribution in [0, 0.1) is 0 Å². The Hall–Kier alpha value is -1.10. The molecular weight excluding hydrogens is 124 g/mol. The Bertz CT molecular complexity index is 106. The van der Waals surface area contributed by atoms with Gasteiger partial charge in [0, 0.05) is 0 Å². The zero-order chi connectivity index (χ0) is 7.28. The molecule has 0 aliphatic carbocycles. The van der Waals surface area contributed by atoms with Crippen LogP contribution in [-0.2, 0) is 4.79 Å². The standard InChI is InChI=1S/C3H6N2O2.CH2O/c6-2-1-4-3(7)5-2;1-2/h2,6H,1H2,(H2,4,5,7);1H2. The summed E-state index contributed by atoms with van der Waals surface area (Å²) in [6.07, 6.45) is -0.688. The van der Waals surface area contributed by atoms with E-state index in [4.69, 9.17) is 9.90 Å². The van der Waals surface area contributed by atoms with Crippen molar-refractivity contribution in [1.82, 2.24) is 10.6 Å². The molecule has 1 heterocycles. The van der Waals surface area contributed by atoms with Crippen LogP contribution < -0.4 is 10.6 Å². The van der Waals surface area contributed by atoms with Gasteiger partial charge in [0.1, 0.15) is 13.0 Å². The van der Waals surface area contributed by atoms with E-state index in [1.165, 1.54) is 0 Å². The van der Waals surface area contributed by atoms with E-state index in [9.17, 15) is 4.79 Å². The van der Waals surface area contributed by atoms with Gasteiger partial charge in [-0.2, -0.15) is 0 Å². The summed E-state index contributed by atoms with van der Waals surface area (Å²) < 4.78 is 0. The van der Waals surface area contributed by atoms with Crippen molar-refractivity contribution in [3.05, 3.63) is 0 Å². The maximum absolute atomic E-state index is 10.1. The third-order valence-corrected chi connectivity index (χ3v) is 0.754. The minimum atomic E-state index is -0.688. The number of rotatable bonds is 0. The van der Waals surface area contributed by atoms with Crippen LogP contribution in [-0.4, -0.2) is 30.7 Å². The van der Waals surface area contributed by atoms with E-state index in [0.29, 0.717) is 6.54 Å². The first kappa shape index (κ1) is 7.90. The number of amides is 2. The van der Waals surface area contributed by atoms with Crippen LogP contribution in [0.25, 0.3) is 0 Å². The van der Waals surface area contributed by atoms with Crippen molar-refractivity contribution in [1.29, 1.82) is 0 Å². The average molecular weight is 132 g/mol. The second-order valence-corrected chi connectivity index (χ2v) is 1.37. The lowest BCUT2D eigenvalue weighted by atomic mass is 10.6. The van der Waals surface area contributed by atoms with Gasteiger partial charge in [-0.1, -0.05) is 0 Å². The molecule has 2 amide bonds. The molecule has 5 nitrogen and oxygen atoms in total. The maximum atomic E-state index is 10.1. The number of nitrogens with one attached hydrogen (secondary N) is 2. The first-order chi connectivity index (χ1) is 4.29. The molecule has 0 bridgehead atoms. The van der Waals surface area contributed by atoms with Gasteiger partial charge < -0.3 is 20.5 Å². The molecule has 52 valence electrons. The van der Waals surface area contributed by atoms with Crippen LogP contribution in [0.15, 0.2) is 0 Å². The Kier molecular flexibility index (Phi) is 3.38. The first-order valence-electron chi connectivity index (χ1n) is 2.30. The van der Waals surface area contributed by atoms with Crippen molar-refractivity contribution in [2.75, 3.05) is 6.54 Å². The highest BCUT2D eigenvalue weighted by molar-refractivity contribution is 5.76. The largest absolute Gasteiger partial charge is 0.372 e. The Morgan fingerprint density at radius 2 is 2.22 bits per heavy atom. The monoisotopic (exact) mass is 132 g/mol. The molecule has 0 aromatic rings. The summed E-state index contributed by atoms with van der Waals surface area (Å²) >= 11 is 0. The lowest BCUT2D eigenvalue weighted by molar-refractivity contribution is -0.0979. The van der Waals surface area contributed by atoms with Gasteiger partial charge in [0.25, 0.3) is 0 Å². The van der Waals surface area contributed by atoms with Crippen LogP contribution in [0.2, 0.25) is 0 Å². The molecule has 0 aromatic carbocycles. The summed E-state index contributed by atoms with van der Waals surface area (Å²) in [6.45, 7) is 2.32. The quantitative estimate of drug-likeness (QED) is 0.372. The molecule has 9 heavy (non-hydrogen) atoms. The minimum absolute atomic E-state index is 0.299. The number of urea groups is 1. The van der Waals surface area contributed by atoms with Gasteiger partial charge in [-0.05, 0) is 0 Å². The molecule has 3 N–H and O–H groups in total. The number of β-amino-alcohol motifs (C(OH)–C–C–N with tert-alkyl or cyclic N) is 1. The van der Waals surface area contributed by atoms with Crippen molar-refractivity contribution >= 4 is 12.8 Å². The van der Waals surface area contributed by atoms with E-state index in [0.717, 1.165) is 0 Å². The van der Waals surface area contributed by atoms with Crippen molar-refractivity contribution in [2.45, 2.75) is 6.23 Å². The Labute approximate surface area is 52.1 Å². The van der Waals surface area contributed by atoms with E-state index < -0.39 is 6.23 Å². The Morgan fingerprint density at radius 3 is 2.33 bits per heavy atom. The highest BCUT2D eigenvalue weighted by Gasteiger charge is 2.15. The third kappa shape index (κ3) is 2.65. The van der Waals surface area contributed by atoms with Gasteiger partial charge >= 0.3 is 6.03 Å². The number of hydrogen-bond acceptors (Lipinski definition) is 3. The van der Waals surface area contributed by atoms with Crippen molar-refractivity contribution in [3.8, 4) is 0 Å². The summed E-state index contributed by atoms with van der Waals surface area (Å²) in [5, 5.41) is 13.1. The third-order valence-electron chi connectivity index (χ3n) is 0.754. The summed E-state index contributed by atoms with van der Waals surface area (Å²) in [6, 6.07) is -0.299. The first-order valence-corrected chi connectivity index (χ1v) is 2.30. The molecular formula is C4H8N2O3. The smallest absolute Gasteiger partial charge is 0.317 e. The Morgan fingerprint density at radius 1 is 1.67 bits per heavy atom. The molecule has 1 rings (SSSR count). The average Bonchev–Trinajstić information content (AvgIpc) is 2.20. The molecule has 5 heteroatoms. The molecule has 1 aliphatic rings. The number of aliphatic hydroxyl groups is 1. The molecule has 1 unspecified atom stereocenters. The van der Waals surface area contributed by atoms with Crippen molar-refractivity contribution in [2.24, 2.45) is 0 Å². The minimum Gasteiger partial charge on any atom is -0.372 e. The predicted octanol–water partition coefficient (Wildman–Crippen LogP) is -1.57. The molecule has 0 spiro atoms. The lowest BCUT2D eigenvalue weighted by Gasteiger charge is -1.92. The van der Waals surface area contributed by atoms with E-state index in [-0.39, 0.29) is 6.03 Å². The normalized spacial score (nSPS) is 23.2. The van der Waals surface area contributed by atoms with Gasteiger partial charge in [0.05, 0.1) is 6.54 Å². The fourth-order valence-electron chi connectivity index (χ4n) is 0.443. The van der Waals surface area contributed by atoms with Gasteiger partial charge in [-0.25, -0.2) is 4.79 Å². The van der Waals surface area contributed by atoms with Crippen LogP contribution in [0.3, 0.4) is 0 Å². The van der Waals surface area contributed by atoms with Gasteiger partial charge in [-0.3, -0.25) is 0 Å². The predicted molar refractivity (Wildman–Crippen MR) is 29.7 cm³/mol. The number of carbonyl (C=O) groups excluding carboxylic acids is 2. The molecule has 1 atom stereocenters. The van der Waals surface area contributed by atoms with Gasteiger partial charge in [0.2, 0.25) is 0 Å². The summed E-state index contributed by atoms with van der Waals surface area (Å²) in [5.74, 6) is 0. The second kappa shape index (κ2) is 3.85. The highest BCUT2D eigenvalue weighted by Crippen LogP contribution is 1.81. The zero-order valence-electron chi connectivity index (χ0n) is 4.76. The second-order valence-electron chi connectivity index (χ2n) is 1.37. The van der Waals surface area contributed by atoms with Crippen LogP contribution in [0.1, 0.15) is 0 Å². The van der Waals surface area contributed by atoms with Crippen molar-refractivity contribution in [3.63, 3.8) is 0 Å². The molecule has 0 aromatic heterocycles. The lowest BCUT2D eigenvalue weighted by Crippen LogP contribution is -2.25. The van der Waals surface area contributed by atoms with E-state index in [1.807, 2.05) is 6.79 Å². The van der Waals surface area contributed by atoms with E-state index in [2.05, 4.69) is 10.6 Å².